The molecule has 8 nitrogen and oxygen atoms in total. The summed E-state index contributed by atoms with van der Waals surface area (Å²) in [5, 5.41) is 9.46. The number of aliphatic hydroxyl groups excluding tert-OH is 1. The van der Waals surface area contributed by atoms with Crippen molar-refractivity contribution < 1.29 is 29.0 Å². The number of amides is 2. The van der Waals surface area contributed by atoms with Crippen LogP contribution in [0.3, 0.4) is 0 Å². The highest BCUT2D eigenvalue weighted by Gasteiger charge is 2.74. The van der Waals surface area contributed by atoms with Gasteiger partial charge in [0, 0.05) is 25.7 Å². The van der Waals surface area contributed by atoms with Crippen LogP contribution in [-0.2, 0) is 23.9 Å². The lowest BCUT2D eigenvalue weighted by atomic mass is 9.74. The van der Waals surface area contributed by atoms with Gasteiger partial charge in [-0.3, -0.25) is 14.4 Å². The molecule has 4 aliphatic heterocycles. The van der Waals surface area contributed by atoms with E-state index >= 15 is 0 Å². The van der Waals surface area contributed by atoms with Crippen molar-refractivity contribution in [2.24, 2.45) is 11.8 Å². The molecule has 2 amide bonds. The summed E-state index contributed by atoms with van der Waals surface area (Å²) in [7, 11) is 0. The van der Waals surface area contributed by atoms with Crippen LogP contribution >= 0.6 is 0 Å². The van der Waals surface area contributed by atoms with E-state index < -0.39 is 35.0 Å². The van der Waals surface area contributed by atoms with Gasteiger partial charge in [-0.2, -0.15) is 0 Å². The summed E-state index contributed by atoms with van der Waals surface area (Å²) in [6.07, 6.45) is 13.9. The minimum atomic E-state index is -1.24. The largest absolute Gasteiger partial charge is 0.465 e. The molecule has 180 valence electrons. The third-order valence-corrected chi connectivity index (χ3v) is 8.12. The van der Waals surface area contributed by atoms with Crippen LogP contribution < -0.4 is 0 Å². The molecule has 1 N–H and O–H groups in total. The standard InChI is InChI=1S/C25H34N2O6/c1-24-11-5-6-16-32-23(31)19(24)18-21(29)27(14-8-15-28)20-22(30)26(17-9-3-2-4-10-17)13-7-12-25(18,20)33-24/h5,7,11-12,17-20,28H,2-4,6,8-10,13-16H2,1H3/t18-,19-,20?,24+,25-/m0/s1. The quantitative estimate of drug-likeness (QED) is 0.508. The second kappa shape index (κ2) is 8.55. The molecule has 33 heavy (non-hydrogen) atoms. The Labute approximate surface area is 194 Å². The molecule has 0 bridgehead atoms. The van der Waals surface area contributed by atoms with Crippen molar-refractivity contribution in [1.29, 1.82) is 0 Å². The molecule has 2 saturated heterocycles. The van der Waals surface area contributed by atoms with Crippen LogP contribution in [0, 0.1) is 11.8 Å². The van der Waals surface area contributed by atoms with Crippen LogP contribution in [0.25, 0.3) is 0 Å². The van der Waals surface area contributed by atoms with E-state index in [0.29, 0.717) is 19.4 Å². The van der Waals surface area contributed by atoms with Crippen LogP contribution in [0.2, 0.25) is 0 Å². The van der Waals surface area contributed by atoms with Gasteiger partial charge in [-0.05, 0) is 32.6 Å². The molecular formula is C25H34N2O6. The number of fused-ring (bicyclic) bond motifs is 2. The number of carbonyl (C=O) groups excluding carboxylic acids is 3. The molecule has 5 aliphatic rings. The predicted octanol–water partition coefficient (Wildman–Crippen LogP) is 1.57. The first-order valence-corrected chi connectivity index (χ1v) is 12.4. The second-order valence-electron chi connectivity index (χ2n) is 10.1. The van der Waals surface area contributed by atoms with Crippen LogP contribution in [-0.4, -0.2) is 82.3 Å². The first-order chi connectivity index (χ1) is 15.9. The van der Waals surface area contributed by atoms with Gasteiger partial charge in [-0.1, -0.05) is 43.6 Å². The van der Waals surface area contributed by atoms with Crippen molar-refractivity contribution in [3.63, 3.8) is 0 Å². The summed E-state index contributed by atoms with van der Waals surface area (Å²) in [5.41, 5.74) is -2.27. The van der Waals surface area contributed by atoms with Crippen molar-refractivity contribution in [2.75, 3.05) is 26.3 Å². The molecule has 0 aromatic heterocycles. The first kappa shape index (κ1) is 22.6. The Hall–Kier alpha value is -2.19. The number of ether oxygens (including phenoxy) is 2. The highest BCUT2D eigenvalue weighted by molar-refractivity contribution is 5.99. The maximum absolute atomic E-state index is 14.1. The number of esters is 1. The summed E-state index contributed by atoms with van der Waals surface area (Å²) >= 11 is 0. The molecule has 0 aromatic rings. The summed E-state index contributed by atoms with van der Waals surface area (Å²) in [5.74, 6) is -2.50. The van der Waals surface area contributed by atoms with Gasteiger partial charge in [-0.15, -0.1) is 0 Å². The Morgan fingerprint density at radius 3 is 2.61 bits per heavy atom. The maximum atomic E-state index is 14.1. The fourth-order valence-corrected chi connectivity index (χ4v) is 6.71. The van der Waals surface area contributed by atoms with Crippen molar-refractivity contribution >= 4 is 17.8 Å². The smallest absolute Gasteiger partial charge is 0.313 e. The van der Waals surface area contributed by atoms with E-state index in [-0.39, 0.29) is 37.6 Å². The Bertz CT molecular complexity index is 880. The maximum Gasteiger partial charge on any atom is 0.313 e. The average Bonchev–Trinajstić information content (AvgIpc) is 3.11. The fraction of sp³-hybridized carbons (Fsp3) is 0.720. The molecular weight excluding hydrogens is 424 g/mol. The zero-order chi connectivity index (χ0) is 23.2. The van der Waals surface area contributed by atoms with Crippen molar-refractivity contribution in [1.82, 2.24) is 9.80 Å². The van der Waals surface area contributed by atoms with Gasteiger partial charge in [0.2, 0.25) is 11.8 Å². The predicted molar refractivity (Wildman–Crippen MR) is 119 cm³/mol. The van der Waals surface area contributed by atoms with Gasteiger partial charge >= 0.3 is 5.97 Å². The second-order valence-corrected chi connectivity index (χ2v) is 10.1. The highest BCUT2D eigenvalue weighted by Crippen LogP contribution is 2.57. The fourth-order valence-electron chi connectivity index (χ4n) is 6.71. The zero-order valence-electron chi connectivity index (χ0n) is 19.3. The summed E-state index contributed by atoms with van der Waals surface area (Å²) in [6, 6.07) is -0.705. The Morgan fingerprint density at radius 2 is 1.85 bits per heavy atom. The number of hydrogen-bond donors (Lipinski definition) is 1. The lowest BCUT2D eigenvalue weighted by molar-refractivity contribution is -0.160. The molecule has 1 unspecified atom stereocenters. The van der Waals surface area contributed by atoms with Gasteiger partial charge in [-0.25, -0.2) is 0 Å². The first-order valence-electron chi connectivity index (χ1n) is 12.4. The Balaban J connectivity index is 1.60. The van der Waals surface area contributed by atoms with Gasteiger partial charge in [0.05, 0.1) is 18.1 Å². The normalized spacial score (nSPS) is 39.0. The number of rotatable bonds is 4. The lowest BCUT2D eigenvalue weighted by Crippen LogP contribution is -2.57. The molecule has 1 spiro atoms. The molecule has 0 radical (unpaired) electrons. The van der Waals surface area contributed by atoms with Crippen LogP contribution in [0.15, 0.2) is 24.3 Å². The molecule has 1 aliphatic carbocycles. The number of cyclic esters (lactones) is 1. The molecule has 3 fully saturated rings. The number of likely N-dealkylation sites (tertiary alicyclic amines) is 1. The minimum Gasteiger partial charge on any atom is -0.465 e. The highest BCUT2D eigenvalue weighted by atomic mass is 16.6. The minimum absolute atomic E-state index is 0.0860. The Morgan fingerprint density at radius 1 is 1.06 bits per heavy atom. The van der Waals surface area contributed by atoms with Crippen molar-refractivity contribution in [3.05, 3.63) is 24.3 Å². The van der Waals surface area contributed by atoms with Crippen molar-refractivity contribution in [2.45, 2.75) is 75.2 Å². The number of nitrogens with zero attached hydrogens (tertiary/aromatic N) is 2. The lowest BCUT2D eigenvalue weighted by Gasteiger charge is -2.40. The molecule has 0 aromatic carbocycles. The van der Waals surface area contributed by atoms with Crippen LogP contribution in [0.5, 0.6) is 0 Å². The zero-order valence-corrected chi connectivity index (χ0v) is 19.3. The van der Waals surface area contributed by atoms with E-state index in [2.05, 4.69) is 0 Å². The van der Waals surface area contributed by atoms with Crippen LogP contribution in [0.1, 0.15) is 51.9 Å². The monoisotopic (exact) mass is 458 g/mol. The van der Waals surface area contributed by atoms with E-state index in [1.54, 1.807) is 4.90 Å². The van der Waals surface area contributed by atoms with E-state index in [9.17, 15) is 19.5 Å². The SMILES string of the molecule is C[C@@]12C=CCCOC(=O)[C@@H]1[C@H]1C(=O)N(CCCO)C3C(=O)N(C4CCCCC4)CC=C[C@@]31O2. The van der Waals surface area contributed by atoms with Gasteiger partial charge in [0.25, 0.3) is 0 Å². The number of carbonyl (C=O) groups is 3. The molecule has 1 saturated carbocycles. The van der Waals surface area contributed by atoms with Crippen LogP contribution in [0.4, 0.5) is 0 Å². The number of aliphatic hydroxyl groups is 1. The van der Waals surface area contributed by atoms with E-state index in [4.69, 9.17) is 9.47 Å². The average molecular weight is 459 g/mol. The van der Waals surface area contributed by atoms with Gasteiger partial charge < -0.3 is 24.4 Å². The number of hydrogen-bond acceptors (Lipinski definition) is 6. The topological polar surface area (TPSA) is 96.4 Å². The van der Waals surface area contributed by atoms with Crippen molar-refractivity contribution in [3.8, 4) is 0 Å². The van der Waals surface area contributed by atoms with E-state index in [1.165, 1.54) is 6.42 Å². The third-order valence-electron chi connectivity index (χ3n) is 8.12. The van der Waals surface area contributed by atoms with Gasteiger partial charge in [0.15, 0.2) is 0 Å². The molecule has 5 rings (SSSR count). The van der Waals surface area contributed by atoms with E-state index in [1.807, 2.05) is 36.1 Å². The van der Waals surface area contributed by atoms with Gasteiger partial charge in [0.1, 0.15) is 17.6 Å². The molecule has 8 heteroatoms. The Kier molecular flexibility index (Phi) is 5.85. The molecule has 4 heterocycles. The summed E-state index contributed by atoms with van der Waals surface area (Å²) in [6.45, 7) is 2.71. The summed E-state index contributed by atoms with van der Waals surface area (Å²) < 4.78 is 12.2. The molecule has 5 atom stereocenters. The van der Waals surface area contributed by atoms with E-state index in [0.717, 1.165) is 25.7 Å². The summed E-state index contributed by atoms with van der Waals surface area (Å²) in [4.78, 5) is 44.6. The third kappa shape index (κ3) is 3.44.